The number of benzene rings is 4. The Labute approximate surface area is 223 Å². The van der Waals surface area contributed by atoms with Crippen LogP contribution >= 0.6 is 0 Å². The molecule has 0 unspecified atom stereocenters. The maximum atomic E-state index is 13.1. The second-order valence-electron chi connectivity index (χ2n) is 9.44. The number of nitrogens with zero attached hydrogens (tertiary/aromatic N) is 3. The number of non-ortho nitro benzene ring substituents is 1. The monoisotopic (exact) mass is 517 g/mol. The summed E-state index contributed by atoms with van der Waals surface area (Å²) in [6.07, 6.45) is 0. The molecule has 0 atom stereocenters. The fourth-order valence-electron chi connectivity index (χ4n) is 4.96. The number of aliphatic imine (C=N–C) groups is 1. The van der Waals surface area contributed by atoms with E-state index in [0.29, 0.717) is 11.5 Å². The number of para-hydroxylation sites is 1. The first-order chi connectivity index (χ1) is 18.9. The van der Waals surface area contributed by atoms with E-state index in [9.17, 15) is 14.9 Å². The predicted molar refractivity (Wildman–Crippen MR) is 146 cm³/mol. The molecule has 0 amide bonds. The molecule has 0 spiro atoms. The van der Waals surface area contributed by atoms with Crippen LogP contribution in [-0.2, 0) is 22.7 Å². The van der Waals surface area contributed by atoms with E-state index in [1.165, 1.54) is 12.1 Å². The molecule has 2 aliphatic rings. The van der Waals surface area contributed by atoms with Gasteiger partial charge in [0.15, 0.2) is 5.71 Å². The predicted octanol–water partition coefficient (Wildman–Crippen LogP) is 5.03. The average Bonchev–Trinajstić information content (AvgIpc) is 3.49. The van der Waals surface area contributed by atoms with Crippen LogP contribution in [0.5, 0.6) is 5.75 Å². The molecule has 2 aliphatic heterocycles. The van der Waals surface area contributed by atoms with E-state index in [-0.39, 0.29) is 18.9 Å². The van der Waals surface area contributed by atoms with E-state index < -0.39 is 10.9 Å². The van der Waals surface area contributed by atoms with Crippen molar-refractivity contribution in [3.8, 4) is 5.75 Å². The van der Waals surface area contributed by atoms with Gasteiger partial charge < -0.3 is 9.47 Å². The molecular weight excluding hydrogens is 494 g/mol. The summed E-state index contributed by atoms with van der Waals surface area (Å²) in [5.74, 6) is 0.113. The van der Waals surface area contributed by atoms with Crippen molar-refractivity contribution in [3.63, 3.8) is 0 Å². The highest BCUT2D eigenvalue weighted by Gasteiger charge is 2.25. The van der Waals surface area contributed by atoms with Gasteiger partial charge in [0.05, 0.1) is 21.7 Å². The van der Waals surface area contributed by atoms with Crippen molar-refractivity contribution in [1.82, 2.24) is 0 Å². The summed E-state index contributed by atoms with van der Waals surface area (Å²) < 4.78 is 11.5. The third-order valence-corrected chi connectivity index (χ3v) is 6.93. The van der Waals surface area contributed by atoms with E-state index in [0.717, 1.165) is 54.7 Å². The van der Waals surface area contributed by atoms with Crippen molar-refractivity contribution in [1.29, 1.82) is 0 Å². The van der Waals surface area contributed by atoms with Gasteiger partial charge in [0.25, 0.3) is 5.69 Å². The van der Waals surface area contributed by atoms with Crippen LogP contribution in [0.4, 0.5) is 17.1 Å². The van der Waals surface area contributed by atoms with E-state index in [1.807, 2.05) is 56.3 Å². The fourth-order valence-corrected chi connectivity index (χ4v) is 4.96. The SMILES string of the molecule is CC1=c2c(cc3c(c2C)N=c2ccccc2=3)N=C1C(=O)OCc1cccc(OCc2ccc([N+](=O)[O-])cc2)c1. The Morgan fingerprint density at radius 1 is 0.872 bits per heavy atom. The van der Waals surface area contributed by atoms with Crippen molar-refractivity contribution < 1.29 is 19.2 Å². The first kappa shape index (κ1) is 24.2. The molecule has 6 rings (SSSR count). The van der Waals surface area contributed by atoms with Crippen LogP contribution < -0.4 is 15.3 Å². The summed E-state index contributed by atoms with van der Waals surface area (Å²) in [6.45, 7) is 4.22. The molecule has 4 aromatic carbocycles. The lowest BCUT2D eigenvalue weighted by molar-refractivity contribution is -0.384. The summed E-state index contributed by atoms with van der Waals surface area (Å²) in [6, 6.07) is 23.5. The smallest absolute Gasteiger partial charge is 0.357 e. The highest BCUT2D eigenvalue weighted by atomic mass is 16.6. The molecule has 8 nitrogen and oxygen atoms in total. The zero-order valence-electron chi connectivity index (χ0n) is 21.3. The van der Waals surface area contributed by atoms with Gasteiger partial charge >= 0.3 is 5.97 Å². The Bertz CT molecular complexity index is 1930. The van der Waals surface area contributed by atoms with Gasteiger partial charge in [-0.3, -0.25) is 10.1 Å². The first-order valence-corrected chi connectivity index (χ1v) is 12.4. The molecule has 39 heavy (non-hydrogen) atoms. The van der Waals surface area contributed by atoms with Gasteiger partial charge in [-0.05, 0) is 72.5 Å². The van der Waals surface area contributed by atoms with Crippen molar-refractivity contribution in [2.75, 3.05) is 0 Å². The highest BCUT2D eigenvalue weighted by molar-refractivity contribution is 6.53. The number of esters is 1. The number of ether oxygens (including phenoxy) is 2. The van der Waals surface area contributed by atoms with Crippen LogP contribution in [0.2, 0.25) is 0 Å². The zero-order valence-corrected chi connectivity index (χ0v) is 21.3. The lowest BCUT2D eigenvalue weighted by atomic mass is 10.0. The number of nitro benzene ring substituents is 1. The molecule has 8 heteroatoms. The van der Waals surface area contributed by atoms with Gasteiger partial charge in [-0.2, -0.15) is 0 Å². The van der Waals surface area contributed by atoms with Crippen LogP contribution in [0.15, 0.2) is 88.8 Å². The maximum absolute atomic E-state index is 13.1. The van der Waals surface area contributed by atoms with Gasteiger partial charge in [-0.25, -0.2) is 14.8 Å². The number of rotatable bonds is 7. The van der Waals surface area contributed by atoms with Crippen molar-refractivity contribution in [2.24, 2.45) is 9.98 Å². The van der Waals surface area contributed by atoms with Crippen LogP contribution in [0, 0.1) is 27.5 Å². The van der Waals surface area contributed by atoms with Gasteiger partial charge in [0.2, 0.25) is 0 Å². The molecular formula is C31H23N3O5. The van der Waals surface area contributed by atoms with Crippen LogP contribution in [-0.4, -0.2) is 16.6 Å². The molecule has 192 valence electrons. The van der Waals surface area contributed by atoms with Crippen molar-refractivity contribution in [2.45, 2.75) is 27.1 Å². The quantitative estimate of drug-likeness (QED) is 0.171. The molecule has 0 aliphatic carbocycles. The first-order valence-electron chi connectivity index (χ1n) is 12.4. The number of nitro groups is 1. The molecule has 0 radical (unpaired) electrons. The number of carbonyl (C=O) groups excluding carboxylic acids is 1. The zero-order chi connectivity index (χ0) is 27.1. The molecule has 0 saturated heterocycles. The Balaban J connectivity index is 1.16. The fraction of sp³-hybridized carbons (Fsp3) is 0.129. The van der Waals surface area contributed by atoms with E-state index in [1.54, 1.807) is 24.3 Å². The van der Waals surface area contributed by atoms with Crippen LogP contribution in [0.3, 0.4) is 0 Å². The second kappa shape index (κ2) is 9.64. The van der Waals surface area contributed by atoms with Crippen molar-refractivity contribution >= 4 is 34.3 Å². The normalized spacial score (nSPS) is 12.7. The van der Waals surface area contributed by atoms with Gasteiger partial charge in [-0.15, -0.1) is 0 Å². The average molecular weight is 518 g/mol. The molecule has 0 fully saturated rings. The van der Waals surface area contributed by atoms with Crippen molar-refractivity contribution in [3.05, 3.63) is 127 Å². The third-order valence-electron chi connectivity index (χ3n) is 6.93. The molecule has 0 bridgehead atoms. The Morgan fingerprint density at radius 2 is 1.67 bits per heavy atom. The van der Waals surface area contributed by atoms with Crippen LogP contribution in [0.1, 0.15) is 23.6 Å². The second-order valence-corrected chi connectivity index (χ2v) is 9.44. The van der Waals surface area contributed by atoms with E-state index >= 15 is 0 Å². The molecule has 4 aromatic rings. The number of hydrogen-bond acceptors (Lipinski definition) is 7. The van der Waals surface area contributed by atoms with Gasteiger partial charge in [0.1, 0.15) is 19.0 Å². The number of fused-ring (bicyclic) bond motifs is 3. The highest BCUT2D eigenvalue weighted by Crippen LogP contribution is 2.29. The van der Waals surface area contributed by atoms with E-state index in [2.05, 4.69) is 4.99 Å². The van der Waals surface area contributed by atoms with Crippen LogP contribution in [0.25, 0.3) is 5.57 Å². The Kier molecular flexibility index (Phi) is 5.99. The molecule has 2 heterocycles. The standard InChI is InChI=1S/C31H23N3O5/c1-18-28-19(2)30(33-27(28)15-25-24-8-3-4-9-26(24)32-29(18)25)31(35)39-17-21-6-5-7-23(14-21)38-16-20-10-12-22(13-11-20)34(36)37/h3-15H,16-17H2,1-2H3. The molecule has 0 saturated carbocycles. The maximum Gasteiger partial charge on any atom is 0.357 e. The minimum absolute atomic E-state index is 0.0320. The lowest BCUT2D eigenvalue weighted by Crippen LogP contribution is -2.19. The summed E-state index contributed by atoms with van der Waals surface area (Å²) in [4.78, 5) is 32.9. The molecule has 0 aromatic heterocycles. The topological polar surface area (TPSA) is 103 Å². The summed E-state index contributed by atoms with van der Waals surface area (Å²) in [5, 5.41) is 14.8. The Morgan fingerprint density at radius 3 is 2.46 bits per heavy atom. The molecule has 0 N–H and O–H groups in total. The van der Waals surface area contributed by atoms with Gasteiger partial charge in [0, 0.05) is 27.8 Å². The Hall–Kier alpha value is -5.11. The number of hydrogen-bond donors (Lipinski definition) is 0. The minimum Gasteiger partial charge on any atom is -0.489 e. The number of carbonyl (C=O) groups is 1. The largest absolute Gasteiger partial charge is 0.489 e. The third kappa shape index (κ3) is 4.46. The summed E-state index contributed by atoms with van der Waals surface area (Å²) >= 11 is 0. The lowest BCUT2D eigenvalue weighted by Gasteiger charge is -2.09. The van der Waals surface area contributed by atoms with Gasteiger partial charge in [-0.1, -0.05) is 30.3 Å². The van der Waals surface area contributed by atoms with E-state index in [4.69, 9.17) is 14.5 Å². The minimum atomic E-state index is -0.488. The summed E-state index contributed by atoms with van der Waals surface area (Å²) in [7, 11) is 0. The summed E-state index contributed by atoms with van der Waals surface area (Å²) in [5.41, 5.74) is 5.36.